The second-order valence-corrected chi connectivity index (χ2v) is 6.85. The highest BCUT2D eigenvalue weighted by Crippen LogP contribution is 2.26. The van der Waals surface area contributed by atoms with E-state index in [0.29, 0.717) is 15.7 Å². The first-order valence-electron chi connectivity index (χ1n) is 7.87. The molecule has 0 spiro atoms. The van der Waals surface area contributed by atoms with Gasteiger partial charge >= 0.3 is 0 Å². The molecule has 0 saturated carbocycles. The van der Waals surface area contributed by atoms with Gasteiger partial charge in [-0.25, -0.2) is 0 Å². The van der Waals surface area contributed by atoms with Gasteiger partial charge in [-0.05, 0) is 55.3 Å². The summed E-state index contributed by atoms with van der Waals surface area (Å²) in [4.78, 5) is 25.6. The third kappa shape index (κ3) is 5.76. The molecule has 2 rings (SSSR count). The van der Waals surface area contributed by atoms with Crippen molar-refractivity contribution in [1.29, 1.82) is 0 Å². The fraction of sp³-hybridized carbons (Fsp3) is 0.263. The van der Waals surface area contributed by atoms with E-state index in [-0.39, 0.29) is 24.8 Å². The third-order valence-corrected chi connectivity index (χ3v) is 4.04. The number of nitrogens with one attached hydrogen (secondary N) is 1. The molecule has 0 aliphatic heterocycles. The lowest BCUT2D eigenvalue weighted by molar-refractivity contribution is -0.117. The Bertz CT molecular complexity index is 766. The zero-order chi connectivity index (χ0) is 18.6. The fourth-order valence-corrected chi connectivity index (χ4v) is 3.16. The second kappa shape index (κ2) is 8.37. The maximum atomic E-state index is 12.2. The summed E-state index contributed by atoms with van der Waals surface area (Å²) in [5.41, 5.74) is 3.48. The van der Waals surface area contributed by atoms with Gasteiger partial charge in [0.2, 0.25) is 11.8 Å². The van der Waals surface area contributed by atoms with Crippen molar-refractivity contribution in [2.24, 2.45) is 0 Å². The van der Waals surface area contributed by atoms with E-state index in [2.05, 4.69) is 5.32 Å². The minimum Gasteiger partial charge on any atom is -0.326 e. The topological polar surface area (TPSA) is 49.4 Å². The normalized spacial score (nSPS) is 10.4. The number of hydrogen-bond donors (Lipinski definition) is 1. The van der Waals surface area contributed by atoms with Crippen molar-refractivity contribution in [2.75, 3.05) is 16.8 Å². The molecule has 2 aromatic carbocycles. The van der Waals surface area contributed by atoms with Crippen LogP contribution in [0.5, 0.6) is 0 Å². The van der Waals surface area contributed by atoms with Crippen molar-refractivity contribution in [3.05, 3.63) is 57.6 Å². The number of benzene rings is 2. The van der Waals surface area contributed by atoms with Gasteiger partial charge in [0.25, 0.3) is 0 Å². The van der Waals surface area contributed by atoms with Crippen molar-refractivity contribution in [1.82, 2.24) is 0 Å². The summed E-state index contributed by atoms with van der Waals surface area (Å²) in [5.74, 6) is -0.345. The number of carbonyl (C=O) groups is 2. The molecule has 0 bridgehead atoms. The third-order valence-electron chi connectivity index (χ3n) is 3.61. The molecule has 0 aliphatic carbocycles. The Morgan fingerprint density at radius 3 is 2.04 bits per heavy atom. The molecule has 2 aromatic rings. The van der Waals surface area contributed by atoms with Crippen LogP contribution < -0.4 is 10.2 Å². The van der Waals surface area contributed by atoms with Crippen LogP contribution in [0.1, 0.15) is 24.5 Å². The predicted molar refractivity (Wildman–Crippen MR) is 104 cm³/mol. The van der Waals surface area contributed by atoms with Crippen LogP contribution in [0, 0.1) is 13.8 Å². The van der Waals surface area contributed by atoms with Crippen LogP contribution in [0.15, 0.2) is 36.4 Å². The van der Waals surface area contributed by atoms with Crippen molar-refractivity contribution in [3.8, 4) is 0 Å². The van der Waals surface area contributed by atoms with Crippen LogP contribution in [0.4, 0.5) is 11.4 Å². The summed E-state index contributed by atoms with van der Waals surface area (Å²) >= 11 is 12.0. The van der Waals surface area contributed by atoms with Gasteiger partial charge in [0.05, 0.1) is 0 Å². The van der Waals surface area contributed by atoms with E-state index in [4.69, 9.17) is 23.2 Å². The minimum absolute atomic E-state index is 0.163. The van der Waals surface area contributed by atoms with Gasteiger partial charge in [0, 0.05) is 41.3 Å². The van der Waals surface area contributed by atoms with Gasteiger partial charge < -0.3 is 10.2 Å². The first-order chi connectivity index (χ1) is 11.7. The average molecular weight is 379 g/mol. The van der Waals surface area contributed by atoms with Crippen LogP contribution in [0.3, 0.4) is 0 Å². The van der Waals surface area contributed by atoms with Crippen LogP contribution in [0.25, 0.3) is 0 Å². The molecule has 0 fully saturated rings. The lowest BCUT2D eigenvalue weighted by Crippen LogP contribution is -2.32. The van der Waals surface area contributed by atoms with Gasteiger partial charge in [-0.1, -0.05) is 29.3 Å². The molecule has 4 nitrogen and oxygen atoms in total. The van der Waals surface area contributed by atoms with Crippen molar-refractivity contribution >= 4 is 46.4 Å². The molecule has 0 aliphatic rings. The molecule has 0 aromatic heterocycles. The highest BCUT2D eigenvalue weighted by Gasteiger charge is 2.15. The number of carbonyl (C=O) groups excluding carboxylic acids is 2. The molecule has 0 atom stereocenters. The number of nitrogens with zero attached hydrogens (tertiary/aromatic N) is 1. The summed E-state index contributed by atoms with van der Waals surface area (Å²) in [7, 11) is 0. The number of anilines is 2. The van der Waals surface area contributed by atoms with E-state index in [1.54, 1.807) is 18.2 Å². The molecular weight excluding hydrogens is 359 g/mol. The second-order valence-electron chi connectivity index (χ2n) is 5.97. The molecule has 0 heterocycles. The van der Waals surface area contributed by atoms with Crippen LogP contribution >= 0.6 is 23.2 Å². The number of hydrogen-bond acceptors (Lipinski definition) is 2. The molecule has 0 saturated heterocycles. The predicted octanol–water partition coefficient (Wildman–Crippen LogP) is 4.99. The monoisotopic (exact) mass is 378 g/mol. The first-order valence-corrected chi connectivity index (χ1v) is 8.62. The SMILES string of the molecule is CC(=O)N(CCC(=O)Nc1cc(C)cc(C)c1)c1cc(Cl)cc(Cl)c1. The van der Waals surface area contributed by atoms with Gasteiger partial charge in [-0.15, -0.1) is 0 Å². The Morgan fingerprint density at radius 1 is 0.960 bits per heavy atom. The summed E-state index contributed by atoms with van der Waals surface area (Å²) in [6, 6.07) is 10.7. The summed E-state index contributed by atoms with van der Waals surface area (Å²) in [5, 5.41) is 3.74. The molecule has 0 radical (unpaired) electrons. The fourth-order valence-electron chi connectivity index (χ4n) is 2.65. The van der Waals surface area contributed by atoms with Crippen molar-refractivity contribution in [3.63, 3.8) is 0 Å². The smallest absolute Gasteiger partial charge is 0.226 e. The Kier molecular flexibility index (Phi) is 6.45. The Labute approximate surface area is 157 Å². The van der Waals surface area contributed by atoms with E-state index >= 15 is 0 Å². The van der Waals surface area contributed by atoms with Crippen molar-refractivity contribution < 1.29 is 9.59 Å². The lowest BCUT2D eigenvalue weighted by Gasteiger charge is -2.21. The quantitative estimate of drug-likeness (QED) is 0.796. The molecule has 0 unspecified atom stereocenters. The Hall–Kier alpha value is -2.04. The van der Waals surface area contributed by atoms with Gasteiger partial charge in [0.15, 0.2) is 0 Å². The summed E-state index contributed by atoms with van der Waals surface area (Å²) < 4.78 is 0. The Balaban J connectivity index is 2.05. The standard InChI is InChI=1S/C19H20Cl2N2O2/c1-12-6-13(2)8-17(7-12)22-19(25)4-5-23(14(3)24)18-10-15(20)9-16(21)11-18/h6-11H,4-5H2,1-3H3,(H,22,25). The zero-order valence-corrected chi connectivity index (χ0v) is 15.9. The van der Waals surface area contributed by atoms with E-state index in [0.717, 1.165) is 16.8 Å². The van der Waals surface area contributed by atoms with E-state index in [9.17, 15) is 9.59 Å². The van der Waals surface area contributed by atoms with Gasteiger partial charge in [0.1, 0.15) is 0 Å². The van der Waals surface area contributed by atoms with Crippen molar-refractivity contribution in [2.45, 2.75) is 27.2 Å². The number of halogens is 2. The number of aryl methyl sites for hydroxylation is 2. The molecule has 2 amide bonds. The van der Waals surface area contributed by atoms with E-state index < -0.39 is 0 Å². The van der Waals surface area contributed by atoms with E-state index in [1.807, 2.05) is 32.0 Å². The molecule has 132 valence electrons. The van der Waals surface area contributed by atoms with E-state index in [1.165, 1.54) is 11.8 Å². The number of amides is 2. The number of rotatable bonds is 5. The molecule has 25 heavy (non-hydrogen) atoms. The summed E-state index contributed by atoms with van der Waals surface area (Å²) in [6.45, 7) is 5.63. The van der Waals surface area contributed by atoms with Crippen LogP contribution in [0.2, 0.25) is 10.0 Å². The van der Waals surface area contributed by atoms with Crippen LogP contribution in [-0.4, -0.2) is 18.4 Å². The largest absolute Gasteiger partial charge is 0.326 e. The Morgan fingerprint density at radius 2 is 1.52 bits per heavy atom. The highest BCUT2D eigenvalue weighted by molar-refractivity contribution is 6.35. The average Bonchev–Trinajstić information content (AvgIpc) is 2.44. The van der Waals surface area contributed by atoms with Crippen LogP contribution in [-0.2, 0) is 9.59 Å². The van der Waals surface area contributed by atoms with Gasteiger partial charge in [-0.3, -0.25) is 9.59 Å². The maximum Gasteiger partial charge on any atom is 0.226 e. The first kappa shape index (κ1) is 19.3. The van der Waals surface area contributed by atoms with Gasteiger partial charge in [-0.2, -0.15) is 0 Å². The molecule has 6 heteroatoms. The summed E-state index contributed by atoms with van der Waals surface area (Å²) in [6.07, 6.45) is 0.163. The molecular formula is C19H20Cl2N2O2. The highest BCUT2D eigenvalue weighted by atomic mass is 35.5. The zero-order valence-electron chi connectivity index (χ0n) is 14.4. The lowest BCUT2D eigenvalue weighted by atomic mass is 10.1. The molecule has 1 N–H and O–H groups in total. The maximum absolute atomic E-state index is 12.2. The minimum atomic E-state index is -0.183.